The molecule has 0 aromatic heterocycles. The second-order valence-electron chi connectivity index (χ2n) is 7.63. The molecule has 0 saturated carbocycles. The van der Waals surface area contributed by atoms with Crippen LogP contribution in [-0.2, 0) is 9.59 Å². The maximum absolute atomic E-state index is 13.2. The van der Waals surface area contributed by atoms with Crippen molar-refractivity contribution in [3.05, 3.63) is 29.8 Å². The van der Waals surface area contributed by atoms with E-state index in [9.17, 15) is 14.9 Å². The number of likely N-dealkylation sites (N-methyl/N-ethyl adjacent to an activating group) is 1. The smallest absolute Gasteiger partial charge is 0.263 e. The number of hydrogen-bond acceptors (Lipinski definition) is 5. The molecule has 1 heterocycles. The van der Waals surface area contributed by atoms with E-state index < -0.39 is 6.10 Å². The zero-order valence-electron chi connectivity index (χ0n) is 17.2. The third-order valence-electron chi connectivity index (χ3n) is 4.87. The molecule has 2 amide bonds. The van der Waals surface area contributed by atoms with Gasteiger partial charge in [-0.15, -0.1) is 0 Å². The summed E-state index contributed by atoms with van der Waals surface area (Å²) < 4.78 is 5.99. The number of carbonyl (C=O) groups is 2. The molecule has 1 atom stereocenters. The van der Waals surface area contributed by atoms with Crippen molar-refractivity contribution >= 4 is 11.8 Å². The van der Waals surface area contributed by atoms with Crippen molar-refractivity contribution in [2.75, 3.05) is 46.8 Å². The number of benzene rings is 1. The van der Waals surface area contributed by atoms with E-state index in [0.29, 0.717) is 37.5 Å². The summed E-state index contributed by atoms with van der Waals surface area (Å²) in [5.74, 6) is 0.402. The van der Waals surface area contributed by atoms with E-state index in [0.717, 1.165) is 13.0 Å². The molecule has 1 unspecified atom stereocenters. The highest BCUT2D eigenvalue weighted by Gasteiger charge is 2.31. The lowest BCUT2D eigenvalue weighted by Gasteiger charge is -2.29. The maximum Gasteiger partial charge on any atom is 0.263 e. The molecule has 1 aromatic carbocycles. The minimum atomic E-state index is -0.649. The Morgan fingerprint density at radius 1 is 1.18 bits per heavy atom. The molecule has 0 N–H and O–H groups in total. The number of nitriles is 1. The molecular weight excluding hydrogens is 356 g/mol. The molecule has 0 bridgehead atoms. The highest BCUT2D eigenvalue weighted by atomic mass is 16.5. The van der Waals surface area contributed by atoms with Crippen LogP contribution >= 0.6 is 0 Å². The lowest BCUT2D eigenvalue weighted by Crippen LogP contribution is -2.46. The molecule has 1 aromatic rings. The van der Waals surface area contributed by atoms with E-state index in [1.165, 1.54) is 0 Å². The van der Waals surface area contributed by atoms with Crippen molar-refractivity contribution in [1.29, 1.82) is 5.26 Å². The Kier molecular flexibility index (Phi) is 7.82. The van der Waals surface area contributed by atoms with Crippen molar-refractivity contribution < 1.29 is 14.3 Å². The molecule has 0 aliphatic carbocycles. The van der Waals surface area contributed by atoms with Gasteiger partial charge in [0.15, 0.2) is 6.10 Å². The fourth-order valence-corrected chi connectivity index (χ4v) is 3.13. The molecule has 7 nitrogen and oxygen atoms in total. The number of amides is 2. The third-order valence-corrected chi connectivity index (χ3v) is 4.87. The highest BCUT2D eigenvalue weighted by Crippen LogP contribution is 2.22. The van der Waals surface area contributed by atoms with E-state index >= 15 is 0 Å². The van der Waals surface area contributed by atoms with Crippen LogP contribution in [0.15, 0.2) is 24.3 Å². The average Bonchev–Trinajstić information content (AvgIpc) is 2.91. The molecule has 2 rings (SSSR count). The molecule has 1 aliphatic rings. The van der Waals surface area contributed by atoms with E-state index in [1.54, 1.807) is 43.3 Å². The summed E-state index contributed by atoms with van der Waals surface area (Å²) in [5.41, 5.74) is 0.421. The summed E-state index contributed by atoms with van der Waals surface area (Å²) in [6, 6.07) is 9.08. The number of rotatable bonds is 6. The predicted octanol–water partition coefficient (Wildman–Crippen LogP) is 1.58. The topological polar surface area (TPSA) is 76.9 Å². The fourth-order valence-electron chi connectivity index (χ4n) is 3.13. The first-order valence-electron chi connectivity index (χ1n) is 9.70. The van der Waals surface area contributed by atoms with Crippen LogP contribution in [0.25, 0.3) is 0 Å². The number of para-hydroxylation sites is 1. The van der Waals surface area contributed by atoms with Crippen molar-refractivity contribution in [2.45, 2.75) is 26.4 Å². The molecule has 0 spiro atoms. The van der Waals surface area contributed by atoms with Crippen LogP contribution in [0.5, 0.6) is 5.75 Å². The second kappa shape index (κ2) is 10.1. The van der Waals surface area contributed by atoms with Gasteiger partial charge in [-0.2, -0.15) is 5.26 Å². The lowest BCUT2D eigenvalue weighted by molar-refractivity contribution is -0.140. The summed E-state index contributed by atoms with van der Waals surface area (Å²) in [7, 11) is 3.50. The second-order valence-corrected chi connectivity index (χ2v) is 7.63. The Hall–Kier alpha value is -2.59. The minimum Gasteiger partial charge on any atom is -0.479 e. The largest absolute Gasteiger partial charge is 0.479 e. The standard InChI is InChI=1S/C21H30N4O3/c1-16(2)20(28-18-9-6-5-8-17(18)14-22)21(27)25-11-7-10-24(12-13-25)15-19(26)23(3)4/h5-6,8-9,16,20H,7,10-13,15H2,1-4H3. The Balaban J connectivity index is 2.05. The fraction of sp³-hybridized carbons (Fsp3) is 0.571. The van der Waals surface area contributed by atoms with Crippen LogP contribution in [0.2, 0.25) is 0 Å². The SMILES string of the molecule is CC(C)C(Oc1ccccc1C#N)C(=O)N1CCCN(CC(=O)N(C)C)CC1. The molecular formula is C21H30N4O3. The summed E-state index contributed by atoms with van der Waals surface area (Å²) >= 11 is 0. The van der Waals surface area contributed by atoms with Crippen LogP contribution < -0.4 is 4.74 Å². The summed E-state index contributed by atoms with van der Waals surface area (Å²) in [4.78, 5) is 30.6. The van der Waals surface area contributed by atoms with Gasteiger partial charge in [0.2, 0.25) is 5.91 Å². The van der Waals surface area contributed by atoms with Crippen molar-refractivity contribution in [2.24, 2.45) is 5.92 Å². The molecule has 7 heteroatoms. The summed E-state index contributed by atoms with van der Waals surface area (Å²) in [6.45, 7) is 6.90. The van der Waals surface area contributed by atoms with Crippen molar-refractivity contribution in [3.8, 4) is 11.8 Å². The minimum absolute atomic E-state index is 0.0334. The average molecular weight is 386 g/mol. The Bertz CT molecular complexity index is 727. The summed E-state index contributed by atoms with van der Waals surface area (Å²) in [5, 5.41) is 9.27. The number of carbonyl (C=O) groups excluding carboxylic acids is 2. The normalized spacial score (nSPS) is 16.2. The number of hydrogen-bond donors (Lipinski definition) is 0. The van der Waals surface area contributed by atoms with Gasteiger partial charge in [0.05, 0.1) is 12.1 Å². The zero-order valence-corrected chi connectivity index (χ0v) is 17.2. The monoisotopic (exact) mass is 386 g/mol. The lowest BCUT2D eigenvalue weighted by atomic mass is 10.1. The van der Waals surface area contributed by atoms with Gasteiger partial charge in [-0.25, -0.2) is 0 Å². The van der Waals surface area contributed by atoms with Crippen LogP contribution in [0.3, 0.4) is 0 Å². The van der Waals surface area contributed by atoms with Crippen LogP contribution in [0.4, 0.5) is 0 Å². The number of nitrogens with zero attached hydrogens (tertiary/aromatic N) is 4. The zero-order chi connectivity index (χ0) is 20.7. The molecule has 1 fully saturated rings. The van der Waals surface area contributed by atoms with Crippen molar-refractivity contribution in [3.63, 3.8) is 0 Å². The van der Waals surface area contributed by atoms with Crippen molar-refractivity contribution in [1.82, 2.24) is 14.7 Å². The molecule has 0 radical (unpaired) electrons. The third kappa shape index (κ3) is 5.70. The van der Waals surface area contributed by atoms with Gasteiger partial charge in [0.1, 0.15) is 11.8 Å². The molecule has 1 saturated heterocycles. The first kappa shape index (κ1) is 21.7. The van der Waals surface area contributed by atoms with Gasteiger partial charge in [-0.3, -0.25) is 14.5 Å². The van der Waals surface area contributed by atoms with Gasteiger partial charge in [-0.05, 0) is 24.5 Å². The van der Waals surface area contributed by atoms with E-state index in [1.807, 2.05) is 18.7 Å². The molecule has 1 aliphatic heterocycles. The molecule has 28 heavy (non-hydrogen) atoms. The Morgan fingerprint density at radius 2 is 1.89 bits per heavy atom. The predicted molar refractivity (Wildman–Crippen MR) is 107 cm³/mol. The van der Waals surface area contributed by atoms with Gasteiger partial charge in [0.25, 0.3) is 5.91 Å². The Morgan fingerprint density at radius 3 is 2.54 bits per heavy atom. The van der Waals surface area contributed by atoms with Gasteiger partial charge in [-0.1, -0.05) is 26.0 Å². The first-order chi connectivity index (χ1) is 13.3. The van der Waals surface area contributed by atoms with Crippen LogP contribution in [-0.4, -0.2) is 79.4 Å². The summed E-state index contributed by atoms with van der Waals surface area (Å²) in [6.07, 6.45) is 0.163. The van der Waals surface area contributed by atoms with Crippen LogP contribution in [0, 0.1) is 17.2 Å². The van der Waals surface area contributed by atoms with Gasteiger partial charge in [0, 0.05) is 40.3 Å². The maximum atomic E-state index is 13.2. The quantitative estimate of drug-likeness (QED) is 0.742. The van der Waals surface area contributed by atoms with E-state index in [2.05, 4.69) is 11.0 Å². The number of ether oxygens (including phenoxy) is 1. The highest BCUT2D eigenvalue weighted by molar-refractivity contribution is 5.82. The first-order valence-corrected chi connectivity index (χ1v) is 9.70. The van der Waals surface area contributed by atoms with E-state index in [4.69, 9.17) is 4.74 Å². The van der Waals surface area contributed by atoms with Gasteiger partial charge < -0.3 is 14.5 Å². The van der Waals surface area contributed by atoms with E-state index in [-0.39, 0.29) is 17.7 Å². The molecule has 152 valence electrons. The van der Waals surface area contributed by atoms with Crippen LogP contribution in [0.1, 0.15) is 25.8 Å². The Labute approximate surface area is 167 Å². The van der Waals surface area contributed by atoms with Gasteiger partial charge >= 0.3 is 0 Å².